The molecule has 14 heavy (non-hydrogen) atoms. The lowest BCUT2D eigenvalue weighted by molar-refractivity contribution is 0.0989. The second-order valence-corrected chi connectivity index (χ2v) is 3.74. The summed E-state index contributed by atoms with van der Waals surface area (Å²) in [6.07, 6.45) is 3.03. The van der Waals surface area contributed by atoms with E-state index in [9.17, 15) is 4.79 Å². The van der Waals surface area contributed by atoms with E-state index >= 15 is 0 Å². The highest BCUT2D eigenvalue weighted by atomic mass is 16.1. The summed E-state index contributed by atoms with van der Waals surface area (Å²) in [6.45, 7) is 1.90. The van der Waals surface area contributed by atoms with Crippen LogP contribution >= 0.6 is 0 Å². The van der Waals surface area contributed by atoms with Crippen LogP contribution in [0.25, 0.3) is 0 Å². The molecule has 1 aromatic carbocycles. The molecular formula is C12H15NO. The fourth-order valence-corrected chi connectivity index (χ4v) is 1.49. The standard InChI is InChI=1S/C12H15NO/c1-2-12(14)10-5-3-4-6-11(10)13-9-7-8-9/h3-6,9,13H,2,7-8H2,1H3. The summed E-state index contributed by atoms with van der Waals surface area (Å²) in [7, 11) is 0. The molecule has 2 rings (SSSR count). The van der Waals surface area contributed by atoms with Crippen LogP contribution in [0.5, 0.6) is 0 Å². The van der Waals surface area contributed by atoms with Crippen LogP contribution in [-0.4, -0.2) is 11.8 Å². The molecule has 1 fully saturated rings. The van der Waals surface area contributed by atoms with Crippen molar-refractivity contribution in [3.63, 3.8) is 0 Å². The first-order chi connectivity index (χ1) is 6.81. The van der Waals surface area contributed by atoms with Gasteiger partial charge in [-0.15, -0.1) is 0 Å². The minimum Gasteiger partial charge on any atom is -0.382 e. The topological polar surface area (TPSA) is 29.1 Å². The van der Waals surface area contributed by atoms with Crippen molar-refractivity contribution in [3.8, 4) is 0 Å². The van der Waals surface area contributed by atoms with E-state index in [2.05, 4.69) is 5.32 Å². The number of benzene rings is 1. The Bertz CT molecular complexity index is 342. The van der Waals surface area contributed by atoms with Gasteiger partial charge in [0.15, 0.2) is 5.78 Å². The number of para-hydroxylation sites is 1. The number of hydrogen-bond donors (Lipinski definition) is 1. The van der Waals surface area contributed by atoms with Crippen molar-refractivity contribution >= 4 is 11.5 Å². The minimum absolute atomic E-state index is 0.216. The Labute approximate surface area is 84.3 Å². The number of nitrogens with one attached hydrogen (secondary N) is 1. The molecule has 0 bridgehead atoms. The molecule has 1 saturated carbocycles. The SMILES string of the molecule is CCC(=O)c1ccccc1NC1CC1. The molecule has 0 saturated heterocycles. The van der Waals surface area contributed by atoms with Gasteiger partial charge in [-0.2, -0.15) is 0 Å². The molecule has 1 aliphatic carbocycles. The first-order valence-electron chi connectivity index (χ1n) is 5.20. The maximum absolute atomic E-state index is 11.6. The first-order valence-corrected chi connectivity index (χ1v) is 5.20. The third kappa shape index (κ3) is 1.95. The average molecular weight is 189 g/mol. The van der Waals surface area contributed by atoms with Crippen LogP contribution in [0.4, 0.5) is 5.69 Å². The zero-order chi connectivity index (χ0) is 9.97. The van der Waals surface area contributed by atoms with Crippen molar-refractivity contribution in [2.24, 2.45) is 0 Å². The highest BCUT2D eigenvalue weighted by Crippen LogP contribution is 2.27. The van der Waals surface area contributed by atoms with Crippen molar-refractivity contribution in [1.82, 2.24) is 0 Å². The maximum atomic E-state index is 11.6. The Morgan fingerprint density at radius 3 is 2.79 bits per heavy atom. The molecule has 0 spiro atoms. The van der Waals surface area contributed by atoms with E-state index < -0.39 is 0 Å². The Morgan fingerprint density at radius 2 is 2.14 bits per heavy atom. The number of carbonyl (C=O) groups excluding carboxylic acids is 1. The van der Waals surface area contributed by atoms with Gasteiger partial charge in [-0.1, -0.05) is 19.1 Å². The number of Topliss-reactive ketones (excluding diaryl/α,β-unsaturated/α-hetero) is 1. The van der Waals surface area contributed by atoms with Gasteiger partial charge in [0, 0.05) is 23.7 Å². The summed E-state index contributed by atoms with van der Waals surface area (Å²) in [6, 6.07) is 8.37. The minimum atomic E-state index is 0.216. The normalized spacial score (nSPS) is 15.2. The van der Waals surface area contributed by atoms with Gasteiger partial charge in [0.05, 0.1) is 0 Å². The third-order valence-electron chi connectivity index (χ3n) is 2.49. The maximum Gasteiger partial charge on any atom is 0.164 e. The number of carbonyl (C=O) groups is 1. The Kier molecular flexibility index (Phi) is 2.53. The fraction of sp³-hybridized carbons (Fsp3) is 0.417. The molecule has 2 nitrogen and oxygen atoms in total. The summed E-state index contributed by atoms with van der Waals surface area (Å²) < 4.78 is 0. The molecule has 0 radical (unpaired) electrons. The smallest absolute Gasteiger partial charge is 0.164 e. The van der Waals surface area contributed by atoms with Gasteiger partial charge >= 0.3 is 0 Å². The van der Waals surface area contributed by atoms with E-state index in [-0.39, 0.29) is 5.78 Å². The highest BCUT2D eigenvalue weighted by Gasteiger charge is 2.22. The molecule has 0 aromatic heterocycles. The molecule has 1 N–H and O–H groups in total. The lowest BCUT2D eigenvalue weighted by Gasteiger charge is -2.09. The van der Waals surface area contributed by atoms with Gasteiger partial charge in [-0.05, 0) is 25.0 Å². The molecule has 0 unspecified atom stereocenters. The molecule has 0 heterocycles. The lowest BCUT2D eigenvalue weighted by atomic mass is 10.1. The van der Waals surface area contributed by atoms with Crippen molar-refractivity contribution in [2.45, 2.75) is 32.2 Å². The molecule has 0 atom stereocenters. The number of ketones is 1. The number of hydrogen-bond acceptors (Lipinski definition) is 2. The van der Waals surface area contributed by atoms with Crippen molar-refractivity contribution in [3.05, 3.63) is 29.8 Å². The van der Waals surface area contributed by atoms with E-state index in [1.807, 2.05) is 31.2 Å². The monoisotopic (exact) mass is 189 g/mol. The summed E-state index contributed by atoms with van der Waals surface area (Å²) in [5.74, 6) is 0.216. The van der Waals surface area contributed by atoms with Crippen molar-refractivity contribution in [1.29, 1.82) is 0 Å². The second-order valence-electron chi connectivity index (χ2n) is 3.74. The Morgan fingerprint density at radius 1 is 1.43 bits per heavy atom. The van der Waals surface area contributed by atoms with E-state index in [1.54, 1.807) is 0 Å². The molecule has 1 aromatic rings. The Hall–Kier alpha value is -1.31. The molecular weight excluding hydrogens is 174 g/mol. The average Bonchev–Trinajstić information content (AvgIpc) is 3.01. The molecule has 0 aliphatic heterocycles. The molecule has 0 amide bonds. The van der Waals surface area contributed by atoms with Crippen molar-refractivity contribution < 1.29 is 4.79 Å². The molecule has 1 aliphatic rings. The first kappa shape index (κ1) is 9.25. The fourth-order valence-electron chi connectivity index (χ4n) is 1.49. The zero-order valence-electron chi connectivity index (χ0n) is 8.42. The number of rotatable bonds is 4. The third-order valence-corrected chi connectivity index (χ3v) is 2.49. The summed E-state index contributed by atoms with van der Waals surface area (Å²) in [5.41, 5.74) is 1.84. The van der Waals surface area contributed by atoms with Crippen LogP contribution in [0.15, 0.2) is 24.3 Å². The van der Waals surface area contributed by atoms with Crippen LogP contribution in [0.1, 0.15) is 36.5 Å². The summed E-state index contributed by atoms with van der Waals surface area (Å²) in [5, 5.41) is 3.38. The molecule has 74 valence electrons. The van der Waals surface area contributed by atoms with Gasteiger partial charge in [0.2, 0.25) is 0 Å². The largest absolute Gasteiger partial charge is 0.382 e. The van der Waals surface area contributed by atoms with Gasteiger partial charge in [-0.3, -0.25) is 4.79 Å². The van der Waals surface area contributed by atoms with Gasteiger partial charge < -0.3 is 5.32 Å². The second kappa shape index (κ2) is 3.82. The van der Waals surface area contributed by atoms with Gasteiger partial charge in [0.25, 0.3) is 0 Å². The van der Waals surface area contributed by atoms with Crippen LogP contribution in [-0.2, 0) is 0 Å². The zero-order valence-corrected chi connectivity index (χ0v) is 8.42. The van der Waals surface area contributed by atoms with Crippen LogP contribution in [0.3, 0.4) is 0 Å². The number of anilines is 1. The van der Waals surface area contributed by atoms with E-state index in [4.69, 9.17) is 0 Å². The lowest BCUT2D eigenvalue weighted by Crippen LogP contribution is -2.07. The molecule has 2 heteroatoms. The van der Waals surface area contributed by atoms with E-state index in [0.29, 0.717) is 12.5 Å². The highest BCUT2D eigenvalue weighted by molar-refractivity contribution is 6.01. The summed E-state index contributed by atoms with van der Waals surface area (Å²) in [4.78, 5) is 11.6. The van der Waals surface area contributed by atoms with Gasteiger partial charge in [-0.25, -0.2) is 0 Å². The van der Waals surface area contributed by atoms with Crippen LogP contribution < -0.4 is 5.32 Å². The Balaban J connectivity index is 2.22. The predicted octanol–water partition coefficient (Wildman–Crippen LogP) is 2.85. The van der Waals surface area contributed by atoms with Gasteiger partial charge in [0.1, 0.15) is 0 Å². The van der Waals surface area contributed by atoms with Crippen LogP contribution in [0, 0.1) is 0 Å². The van der Waals surface area contributed by atoms with Crippen molar-refractivity contribution in [2.75, 3.05) is 5.32 Å². The van der Waals surface area contributed by atoms with Crippen LogP contribution in [0.2, 0.25) is 0 Å². The van der Waals surface area contributed by atoms with E-state index in [1.165, 1.54) is 12.8 Å². The quantitative estimate of drug-likeness (QED) is 0.738. The summed E-state index contributed by atoms with van der Waals surface area (Å²) >= 11 is 0. The predicted molar refractivity (Wildman–Crippen MR) is 57.7 cm³/mol. The van der Waals surface area contributed by atoms with E-state index in [0.717, 1.165) is 11.3 Å².